The molecule has 4 unspecified atom stereocenters. The van der Waals surface area contributed by atoms with Gasteiger partial charge in [0.05, 0.1) is 26.4 Å². The Labute approximate surface area is 594 Å². The Bertz CT molecular complexity index is 1910. The molecule has 7 atom stereocenters. The van der Waals surface area contributed by atoms with Crippen LogP contribution in [-0.2, 0) is 65.4 Å². The van der Waals surface area contributed by atoms with Crippen LogP contribution >= 0.6 is 15.6 Å². The van der Waals surface area contributed by atoms with Gasteiger partial charge in [-0.3, -0.25) is 37.3 Å². The van der Waals surface area contributed by atoms with E-state index < -0.39 is 97.5 Å². The summed E-state index contributed by atoms with van der Waals surface area (Å²) in [6, 6.07) is 0. The lowest BCUT2D eigenvalue weighted by molar-refractivity contribution is -0.161. The lowest BCUT2D eigenvalue weighted by atomic mass is 9.99. The highest BCUT2D eigenvalue weighted by Gasteiger charge is 2.30. The van der Waals surface area contributed by atoms with Crippen LogP contribution in [0.4, 0.5) is 0 Å². The van der Waals surface area contributed by atoms with Gasteiger partial charge in [0.15, 0.2) is 12.2 Å². The van der Waals surface area contributed by atoms with Crippen LogP contribution in [0.25, 0.3) is 0 Å². The molecule has 0 aromatic rings. The van der Waals surface area contributed by atoms with Crippen molar-refractivity contribution in [2.75, 3.05) is 39.6 Å². The molecule has 0 radical (unpaired) electrons. The summed E-state index contributed by atoms with van der Waals surface area (Å²) in [7, 11) is -9.91. The second kappa shape index (κ2) is 67.2. The van der Waals surface area contributed by atoms with Crippen molar-refractivity contribution in [1.29, 1.82) is 0 Å². The van der Waals surface area contributed by atoms with Crippen molar-refractivity contribution >= 4 is 39.5 Å². The predicted molar refractivity (Wildman–Crippen MR) is 395 cm³/mol. The maximum absolute atomic E-state index is 13.1. The Kier molecular flexibility index (Phi) is 65.9. The molecule has 0 aromatic carbocycles. The minimum absolute atomic E-state index is 0.105. The van der Waals surface area contributed by atoms with E-state index in [2.05, 4.69) is 55.4 Å². The summed E-state index contributed by atoms with van der Waals surface area (Å²) in [6.45, 7) is 14.2. The lowest BCUT2D eigenvalue weighted by Crippen LogP contribution is -2.30. The van der Waals surface area contributed by atoms with Crippen LogP contribution in [0.15, 0.2) is 0 Å². The molecule has 0 saturated carbocycles. The summed E-state index contributed by atoms with van der Waals surface area (Å²) < 4.78 is 68.5. The van der Waals surface area contributed by atoms with Gasteiger partial charge in [-0.2, -0.15) is 0 Å². The normalized spacial score (nSPS) is 14.6. The first-order valence-electron chi connectivity index (χ1n) is 40.3. The highest BCUT2D eigenvalue weighted by molar-refractivity contribution is 7.47. The summed E-state index contributed by atoms with van der Waals surface area (Å²) in [5.41, 5.74) is 0. The van der Waals surface area contributed by atoms with Crippen LogP contribution < -0.4 is 0 Å². The largest absolute Gasteiger partial charge is 0.472 e. The van der Waals surface area contributed by atoms with Crippen molar-refractivity contribution in [3.63, 3.8) is 0 Å². The molecule has 0 aliphatic carbocycles. The van der Waals surface area contributed by atoms with E-state index in [1.54, 1.807) is 0 Å². The predicted octanol–water partition coefficient (Wildman–Crippen LogP) is 22.8. The number of ether oxygens (including phenoxy) is 4. The molecule has 3 N–H and O–H groups in total. The van der Waals surface area contributed by atoms with Crippen LogP contribution in [0.2, 0.25) is 0 Å². The van der Waals surface area contributed by atoms with Gasteiger partial charge >= 0.3 is 39.5 Å². The maximum Gasteiger partial charge on any atom is 0.472 e. The number of esters is 4. The average Bonchev–Trinajstić information content (AvgIpc) is 1.44. The highest BCUT2D eigenvalue weighted by atomic mass is 31.2. The molecule has 0 fully saturated rings. The summed E-state index contributed by atoms with van der Waals surface area (Å²) in [5.74, 6) is 0.974. The number of hydrogen-bond donors (Lipinski definition) is 3. The molecular weight excluding hydrogens is 1270 g/mol. The molecule has 17 nitrogen and oxygen atoms in total. The molecule has 19 heteroatoms. The molecule has 0 spiro atoms. The zero-order chi connectivity index (χ0) is 71.7. The average molecular weight is 1420 g/mol. The number of phosphoric acid groups is 2. The summed E-state index contributed by atoms with van der Waals surface area (Å²) in [5, 5.41) is 10.6. The van der Waals surface area contributed by atoms with Gasteiger partial charge in [0, 0.05) is 25.7 Å². The van der Waals surface area contributed by atoms with Crippen molar-refractivity contribution in [3.05, 3.63) is 0 Å². The molecule has 0 aromatic heterocycles. The quantitative estimate of drug-likeness (QED) is 0.0222. The van der Waals surface area contributed by atoms with Gasteiger partial charge in [-0.05, 0) is 49.4 Å². The Morgan fingerprint density at radius 1 is 0.289 bits per heavy atom. The van der Waals surface area contributed by atoms with Gasteiger partial charge < -0.3 is 33.8 Å². The van der Waals surface area contributed by atoms with Gasteiger partial charge in [0.25, 0.3) is 0 Å². The minimum atomic E-state index is -4.96. The summed E-state index contributed by atoms with van der Waals surface area (Å²) >= 11 is 0. The third kappa shape index (κ3) is 69.5. The zero-order valence-electron chi connectivity index (χ0n) is 63.7. The van der Waals surface area contributed by atoms with Crippen molar-refractivity contribution < 1.29 is 80.2 Å². The van der Waals surface area contributed by atoms with E-state index in [0.29, 0.717) is 31.6 Å². The van der Waals surface area contributed by atoms with E-state index in [4.69, 9.17) is 37.0 Å². The van der Waals surface area contributed by atoms with Crippen molar-refractivity contribution in [2.24, 2.45) is 23.7 Å². The van der Waals surface area contributed by atoms with Gasteiger partial charge in [0.2, 0.25) is 0 Å². The monoisotopic (exact) mass is 1420 g/mol. The second-order valence-electron chi connectivity index (χ2n) is 29.5. The summed E-state index contributed by atoms with van der Waals surface area (Å²) in [4.78, 5) is 72.8. The Morgan fingerprint density at radius 2 is 0.495 bits per heavy atom. The van der Waals surface area contributed by atoms with Crippen LogP contribution in [0.1, 0.15) is 396 Å². The Morgan fingerprint density at radius 3 is 0.732 bits per heavy atom. The number of phosphoric ester groups is 2. The van der Waals surface area contributed by atoms with E-state index >= 15 is 0 Å². The molecule has 0 aliphatic heterocycles. The van der Waals surface area contributed by atoms with Crippen LogP contribution in [0, 0.1) is 23.7 Å². The van der Waals surface area contributed by atoms with Crippen molar-refractivity contribution in [2.45, 2.75) is 414 Å². The van der Waals surface area contributed by atoms with Crippen LogP contribution in [-0.4, -0.2) is 96.7 Å². The van der Waals surface area contributed by atoms with E-state index in [1.165, 1.54) is 193 Å². The topological polar surface area (TPSA) is 237 Å². The molecule has 0 rings (SSSR count). The van der Waals surface area contributed by atoms with Gasteiger partial charge in [-0.25, -0.2) is 9.13 Å². The molecule has 0 aliphatic rings. The Hall–Kier alpha value is -1.94. The lowest BCUT2D eigenvalue weighted by Gasteiger charge is -2.21. The van der Waals surface area contributed by atoms with Gasteiger partial charge in [-0.1, -0.05) is 344 Å². The van der Waals surface area contributed by atoms with E-state index in [-0.39, 0.29) is 25.7 Å². The third-order valence-corrected chi connectivity index (χ3v) is 20.7. The molecule has 0 bridgehead atoms. The third-order valence-electron chi connectivity index (χ3n) is 18.8. The van der Waals surface area contributed by atoms with Crippen LogP contribution in [0.3, 0.4) is 0 Å². The van der Waals surface area contributed by atoms with Crippen LogP contribution in [0.5, 0.6) is 0 Å². The summed E-state index contributed by atoms with van der Waals surface area (Å²) in [6.07, 6.45) is 52.9. The second-order valence-corrected chi connectivity index (χ2v) is 32.4. The van der Waals surface area contributed by atoms with E-state index in [0.717, 1.165) is 114 Å². The smallest absolute Gasteiger partial charge is 0.462 e. The molecule has 0 heterocycles. The number of carbonyl (C=O) groups excluding carboxylic acids is 4. The van der Waals surface area contributed by atoms with E-state index in [1.807, 2.05) is 0 Å². The van der Waals surface area contributed by atoms with Crippen molar-refractivity contribution in [1.82, 2.24) is 0 Å². The number of aliphatic hydroxyl groups is 1. The van der Waals surface area contributed by atoms with Gasteiger partial charge in [-0.15, -0.1) is 0 Å². The molecule has 576 valence electrons. The SMILES string of the molecule is CCC(C)CCCCCCCCCCCCCCCCCCCCC(=O)O[C@H](COC(=O)CCCCCCCCC(C)C)COP(=O)(O)OC[C@H](O)COP(=O)(O)OC[C@@H](COC(=O)CCCCCCCCCCCCC(C)CC)OC(=O)CCCCCCCCCCCC(C)C. The number of unbranched alkanes of at least 4 members (excludes halogenated alkanes) is 39. The fourth-order valence-electron chi connectivity index (χ4n) is 11.8. The molecular formula is C78H152O17P2. The first kappa shape index (κ1) is 95.1. The molecule has 97 heavy (non-hydrogen) atoms. The fourth-order valence-corrected chi connectivity index (χ4v) is 13.4. The molecule has 0 saturated heterocycles. The standard InChI is InChI=1S/C78H152O17P2/c1-9-70(7)56-48-40-31-25-19-17-15-13-11-12-14-16-18-20-28-34-44-52-60-77(82)95-74(65-89-76(81)59-51-43-37-36-39-47-55-69(5)6)67-93-97(86,87)91-63-72(79)62-90-96(84,85)92-66-73(94-78(83)61-53-45-35-29-23-24-30-38-46-54-68(3)4)64-88-75(80)58-50-42-33-27-22-21-26-32-41-49-57-71(8)10-2/h68-74,79H,9-67H2,1-8H3,(H,84,85)(H,86,87)/t70?,71?,72-,73-,74-/m1/s1. The number of aliphatic hydroxyl groups excluding tert-OH is 1. The number of hydrogen-bond acceptors (Lipinski definition) is 15. The van der Waals surface area contributed by atoms with Crippen molar-refractivity contribution in [3.8, 4) is 0 Å². The minimum Gasteiger partial charge on any atom is -0.462 e. The first-order chi connectivity index (χ1) is 46.7. The number of carbonyl (C=O) groups is 4. The first-order valence-corrected chi connectivity index (χ1v) is 43.3. The number of rotatable bonds is 75. The maximum atomic E-state index is 13.1. The van der Waals surface area contributed by atoms with Gasteiger partial charge in [0.1, 0.15) is 19.3 Å². The molecule has 0 amide bonds. The van der Waals surface area contributed by atoms with E-state index in [9.17, 15) is 43.2 Å². The highest BCUT2D eigenvalue weighted by Crippen LogP contribution is 2.45. The fraction of sp³-hybridized carbons (Fsp3) is 0.949. The Balaban J connectivity index is 5.16. The zero-order valence-corrected chi connectivity index (χ0v) is 65.5.